The fraction of sp³-hybridized carbons (Fsp3) is 0.562. The summed E-state index contributed by atoms with van der Waals surface area (Å²) < 4.78 is 25.3. The molecule has 2 N–H and O–H groups in total. The van der Waals surface area contributed by atoms with Crippen molar-refractivity contribution in [2.75, 3.05) is 32.4 Å². The van der Waals surface area contributed by atoms with Crippen LogP contribution in [0.5, 0.6) is 0 Å². The van der Waals surface area contributed by atoms with Crippen molar-refractivity contribution < 1.29 is 8.42 Å². The van der Waals surface area contributed by atoms with Gasteiger partial charge in [-0.05, 0) is 31.9 Å². The van der Waals surface area contributed by atoms with Gasteiger partial charge in [0.25, 0.3) is 0 Å². The van der Waals surface area contributed by atoms with Crippen molar-refractivity contribution in [1.82, 2.24) is 14.9 Å². The van der Waals surface area contributed by atoms with Crippen molar-refractivity contribution in [3.8, 4) is 0 Å². The van der Waals surface area contributed by atoms with E-state index < -0.39 is 10.0 Å². The Morgan fingerprint density at radius 2 is 1.96 bits per heavy atom. The van der Waals surface area contributed by atoms with Gasteiger partial charge in [-0.3, -0.25) is 4.99 Å². The number of nitrogens with one attached hydrogen (secondary N) is 2. The van der Waals surface area contributed by atoms with Gasteiger partial charge in [-0.2, -0.15) is 0 Å². The monoisotopic (exact) mass is 502 g/mol. The van der Waals surface area contributed by atoms with Gasteiger partial charge in [0.1, 0.15) is 0 Å². The minimum Gasteiger partial charge on any atom is -0.357 e. The maximum Gasteiger partial charge on any atom is 0.211 e. The molecule has 0 aliphatic rings. The molecule has 1 aromatic carbocycles. The smallest absolute Gasteiger partial charge is 0.211 e. The second kappa shape index (κ2) is 12.7. The number of hydrogen-bond acceptors (Lipinski definition) is 3. The number of benzene rings is 1. The van der Waals surface area contributed by atoms with Crippen LogP contribution in [0.3, 0.4) is 0 Å². The van der Waals surface area contributed by atoms with Gasteiger partial charge in [0.15, 0.2) is 5.96 Å². The Morgan fingerprint density at radius 1 is 1.28 bits per heavy atom. The molecule has 0 saturated carbocycles. The molecule has 144 valence electrons. The van der Waals surface area contributed by atoms with Gasteiger partial charge in [-0.15, -0.1) is 24.0 Å². The normalized spacial score (nSPS) is 11.8. The first-order chi connectivity index (χ1) is 11.4. The standard InChI is InChI=1S/C16H27ClN4O2S.HI/c1-4-18-16(19-11-8-12-20-24(22,23)5-2)21(3)13-14-9-6-7-10-15(14)17;/h6-7,9-10,20H,4-5,8,11-13H2,1-3H3,(H,18,19);1H. The molecule has 0 heterocycles. The highest BCUT2D eigenvalue weighted by Gasteiger charge is 2.09. The molecule has 1 rings (SSSR count). The van der Waals surface area contributed by atoms with E-state index in [9.17, 15) is 8.42 Å². The fourth-order valence-electron chi connectivity index (χ4n) is 2.02. The largest absolute Gasteiger partial charge is 0.357 e. The first kappa shape index (κ1) is 24.4. The molecule has 6 nitrogen and oxygen atoms in total. The van der Waals surface area contributed by atoms with E-state index in [1.165, 1.54) is 0 Å². The van der Waals surface area contributed by atoms with Crippen LogP contribution >= 0.6 is 35.6 Å². The Hall–Kier alpha value is -0.580. The molecule has 0 spiro atoms. The first-order valence-corrected chi connectivity index (χ1v) is 10.1. The van der Waals surface area contributed by atoms with Gasteiger partial charge in [-0.1, -0.05) is 29.8 Å². The number of hydrogen-bond donors (Lipinski definition) is 2. The van der Waals surface area contributed by atoms with Crippen LogP contribution < -0.4 is 10.0 Å². The molecule has 0 fully saturated rings. The predicted octanol–water partition coefficient (Wildman–Crippen LogP) is 2.68. The van der Waals surface area contributed by atoms with E-state index in [1.807, 2.05) is 43.1 Å². The van der Waals surface area contributed by atoms with Crippen LogP contribution in [0.15, 0.2) is 29.3 Å². The molecule has 0 aromatic heterocycles. The van der Waals surface area contributed by atoms with Gasteiger partial charge in [0.2, 0.25) is 10.0 Å². The molecule has 0 saturated heterocycles. The Balaban J connectivity index is 0.00000576. The summed E-state index contributed by atoms with van der Waals surface area (Å²) in [6.45, 7) is 5.97. The molecule has 0 aliphatic carbocycles. The highest BCUT2D eigenvalue weighted by atomic mass is 127. The Kier molecular flexibility index (Phi) is 12.4. The third kappa shape index (κ3) is 9.62. The molecule has 25 heavy (non-hydrogen) atoms. The van der Waals surface area contributed by atoms with Crippen LogP contribution in [-0.2, 0) is 16.6 Å². The number of aliphatic imine (C=N–C) groups is 1. The summed E-state index contributed by atoms with van der Waals surface area (Å²) in [6.07, 6.45) is 0.647. The van der Waals surface area contributed by atoms with Crippen LogP contribution in [0.2, 0.25) is 5.02 Å². The fourth-order valence-corrected chi connectivity index (χ4v) is 2.88. The zero-order valence-corrected chi connectivity index (χ0v) is 18.9. The molecule has 0 atom stereocenters. The maximum absolute atomic E-state index is 11.4. The summed E-state index contributed by atoms with van der Waals surface area (Å²) in [6, 6.07) is 7.72. The number of rotatable bonds is 9. The van der Waals surface area contributed by atoms with Crippen LogP contribution in [0.25, 0.3) is 0 Å². The molecule has 9 heteroatoms. The lowest BCUT2D eigenvalue weighted by molar-refractivity contribution is 0.476. The van der Waals surface area contributed by atoms with Crippen LogP contribution in [0, 0.1) is 0 Å². The molecule has 1 aromatic rings. The van der Waals surface area contributed by atoms with Crippen LogP contribution in [0.4, 0.5) is 0 Å². The van der Waals surface area contributed by atoms with Crippen molar-refractivity contribution in [1.29, 1.82) is 0 Å². The SMILES string of the molecule is CCNC(=NCCCNS(=O)(=O)CC)N(C)Cc1ccccc1Cl.I. The average molecular weight is 503 g/mol. The lowest BCUT2D eigenvalue weighted by Gasteiger charge is -2.22. The quantitative estimate of drug-likeness (QED) is 0.236. The zero-order chi connectivity index (χ0) is 18.0. The van der Waals surface area contributed by atoms with Crippen molar-refractivity contribution in [2.24, 2.45) is 4.99 Å². The zero-order valence-electron chi connectivity index (χ0n) is 15.0. The second-order valence-electron chi connectivity index (χ2n) is 5.33. The minimum atomic E-state index is -3.13. The van der Waals surface area contributed by atoms with E-state index in [0.717, 1.165) is 23.1 Å². The first-order valence-electron chi connectivity index (χ1n) is 8.09. The third-order valence-corrected chi connectivity index (χ3v) is 5.13. The molecule has 0 bridgehead atoms. The molecule has 0 amide bonds. The van der Waals surface area contributed by atoms with E-state index in [2.05, 4.69) is 15.0 Å². The number of halogens is 2. The highest BCUT2D eigenvalue weighted by molar-refractivity contribution is 14.0. The van der Waals surface area contributed by atoms with Gasteiger partial charge in [0.05, 0.1) is 5.75 Å². The average Bonchev–Trinajstić information content (AvgIpc) is 2.55. The predicted molar refractivity (Wildman–Crippen MR) is 116 cm³/mol. The van der Waals surface area contributed by atoms with Gasteiger partial charge >= 0.3 is 0 Å². The van der Waals surface area contributed by atoms with E-state index in [1.54, 1.807) is 6.92 Å². The van der Waals surface area contributed by atoms with Crippen molar-refractivity contribution in [3.63, 3.8) is 0 Å². The minimum absolute atomic E-state index is 0. The molecule has 0 radical (unpaired) electrons. The molecular weight excluding hydrogens is 475 g/mol. The van der Waals surface area contributed by atoms with E-state index >= 15 is 0 Å². The Morgan fingerprint density at radius 3 is 2.56 bits per heavy atom. The van der Waals surface area contributed by atoms with Gasteiger partial charge in [-0.25, -0.2) is 13.1 Å². The summed E-state index contributed by atoms with van der Waals surface area (Å²) in [5.74, 6) is 0.871. The highest BCUT2D eigenvalue weighted by Crippen LogP contribution is 2.16. The van der Waals surface area contributed by atoms with Crippen molar-refractivity contribution >= 4 is 51.6 Å². The summed E-state index contributed by atoms with van der Waals surface area (Å²) in [4.78, 5) is 6.54. The van der Waals surface area contributed by atoms with E-state index in [4.69, 9.17) is 11.6 Å². The van der Waals surface area contributed by atoms with Crippen LogP contribution in [-0.4, -0.2) is 51.7 Å². The number of guanidine groups is 1. The van der Waals surface area contributed by atoms with Crippen LogP contribution in [0.1, 0.15) is 25.8 Å². The molecule has 0 unspecified atom stereocenters. The Bertz CT molecular complexity index is 641. The van der Waals surface area contributed by atoms with Gasteiger partial charge < -0.3 is 10.2 Å². The molecular formula is C16H28ClIN4O2S. The lowest BCUT2D eigenvalue weighted by atomic mass is 10.2. The summed E-state index contributed by atoms with van der Waals surface area (Å²) in [7, 11) is -1.18. The molecule has 0 aliphatic heterocycles. The van der Waals surface area contributed by atoms with Gasteiger partial charge in [0, 0.05) is 38.2 Å². The van der Waals surface area contributed by atoms with E-state index in [-0.39, 0.29) is 29.7 Å². The van der Waals surface area contributed by atoms with Crippen molar-refractivity contribution in [3.05, 3.63) is 34.9 Å². The third-order valence-electron chi connectivity index (χ3n) is 3.36. The second-order valence-corrected chi connectivity index (χ2v) is 7.84. The van der Waals surface area contributed by atoms with E-state index in [0.29, 0.717) is 26.1 Å². The number of sulfonamides is 1. The van der Waals surface area contributed by atoms with Crippen molar-refractivity contribution in [2.45, 2.75) is 26.8 Å². The number of nitrogens with zero attached hydrogens (tertiary/aromatic N) is 2. The summed E-state index contributed by atoms with van der Waals surface area (Å²) in [5.41, 5.74) is 1.03. The summed E-state index contributed by atoms with van der Waals surface area (Å²) in [5, 5.41) is 3.97. The Labute approximate surface area is 173 Å². The lowest BCUT2D eigenvalue weighted by Crippen LogP contribution is -2.38. The summed E-state index contributed by atoms with van der Waals surface area (Å²) >= 11 is 6.20. The topological polar surface area (TPSA) is 73.8 Å². The maximum atomic E-state index is 11.4.